The first-order valence-corrected chi connectivity index (χ1v) is 5.62. The van der Waals surface area contributed by atoms with Crippen molar-refractivity contribution in [3.8, 4) is 17.0 Å². The fourth-order valence-corrected chi connectivity index (χ4v) is 2.03. The van der Waals surface area contributed by atoms with E-state index < -0.39 is 0 Å². The molecule has 0 aliphatic heterocycles. The molecule has 1 aromatic carbocycles. The number of nitrogens with two attached hydrogens (primary N) is 1. The van der Waals surface area contributed by atoms with Crippen LogP contribution in [-0.2, 0) is 6.54 Å². The van der Waals surface area contributed by atoms with Gasteiger partial charge in [-0.25, -0.2) is 0 Å². The molecule has 1 aromatic heterocycles. The lowest BCUT2D eigenvalue weighted by Crippen LogP contribution is -1.96. The molecule has 3 N–H and O–H groups in total. The second kappa shape index (κ2) is 4.67. The number of hydrogen-bond acceptors (Lipinski definition) is 3. The molecule has 5 heteroatoms. The van der Waals surface area contributed by atoms with Crippen molar-refractivity contribution in [2.24, 2.45) is 5.73 Å². The van der Waals surface area contributed by atoms with Crippen LogP contribution in [0.25, 0.3) is 11.3 Å². The van der Waals surface area contributed by atoms with Gasteiger partial charge in [0.1, 0.15) is 11.4 Å². The van der Waals surface area contributed by atoms with Crippen molar-refractivity contribution in [2.45, 2.75) is 6.54 Å². The van der Waals surface area contributed by atoms with Crippen molar-refractivity contribution < 1.29 is 4.74 Å². The molecule has 0 fully saturated rings. The van der Waals surface area contributed by atoms with E-state index in [0.29, 0.717) is 6.54 Å². The van der Waals surface area contributed by atoms with Crippen LogP contribution in [0.2, 0.25) is 0 Å². The standard InChI is InChI=1S/C11H12BrN3O/c1-16-8-4-2-3-7(5-8)11-10(12)9(6-13)14-15-11/h2-5H,6,13H2,1H3,(H,14,15). The van der Waals surface area contributed by atoms with Crippen molar-refractivity contribution in [1.82, 2.24) is 10.2 Å². The molecule has 0 amide bonds. The van der Waals surface area contributed by atoms with E-state index in [0.717, 1.165) is 27.2 Å². The Morgan fingerprint density at radius 2 is 2.31 bits per heavy atom. The van der Waals surface area contributed by atoms with Crippen LogP contribution >= 0.6 is 15.9 Å². The molecule has 16 heavy (non-hydrogen) atoms. The van der Waals surface area contributed by atoms with Gasteiger partial charge >= 0.3 is 0 Å². The summed E-state index contributed by atoms with van der Waals surface area (Å²) in [6.07, 6.45) is 0. The molecule has 0 bridgehead atoms. The largest absolute Gasteiger partial charge is 0.497 e. The zero-order valence-corrected chi connectivity index (χ0v) is 10.4. The Balaban J connectivity index is 2.45. The molecule has 1 heterocycles. The van der Waals surface area contributed by atoms with E-state index >= 15 is 0 Å². The van der Waals surface area contributed by atoms with E-state index in [1.165, 1.54) is 0 Å². The van der Waals surface area contributed by atoms with E-state index in [4.69, 9.17) is 10.5 Å². The van der Waals surface area contributed by atoms with Crippen molar-refractivity contribution in [3.63, 3.8) is 0 Å². The molecule has 0 saturated heterocycles. The smallest absolute Gasteiger partial charge is 0.119 e. The highest BCUT2D eigenvalue weighted by Gasteiger charge is 2.11. The van der Waals surface area contributed by atoms with Crippen LogP contribution in [-0.4, -0.2) is 17.3 Å². The van der Waals surface area contributed by atoms with Gasteiger partial charge in [0.25, 0.3) is 0 Å². The molecule has 0 spiro atoms. The zero-order chi connectivity index (χ0) is 11.5. The molecule has 0 radical (unpaired) electrons. The monoisotopic (exact) mass is 281 g/mol. The Morgan fingerprint density at radius 1 is 1.50 bits per heavy atom. The molecule has 0 atom stereocenters. The maximum absolute atomic E-state index is 5.57. The maximum atomic E-state index is 5.57. The highest BCUT2D eigenvalue weighted by Crippen LogP contribution is 2.30. The van der Waals surface area contributed by atoms with Gasteiger partial charge in [0.15, 0.2) is 0 Å². The van der Waals surface area contributed by atoms with Crippen LogP contribution in [0.1, 0.15) is 5.69 Å². The number of aromatic amines is 1. The lowest BCUT2D eigenvalue weighted by molar-refractivity contribution is 0.415. The summed E-state index contributed by atoms with van der Waals surface area (Å²) >= 11 is 3.48. The summed E-state index contributed by atoms with van der Waals surface area (Å²) in [7, 11) is 1.64. The van der Waals surface area contributed by atoms with Gasteiger partial charge in [-0.2, -0.15) is 5.10 Å². The second-order valence-electron chi connectivity index (χ2n) is 3.30. The summed E-state index contributed by atoms with van der Waals surface area (Å²) in [6.45, 7) is 0.428. The van der Waals surface area contributed by atoms with Crippen molar-refractivity contribution in [2.75, 3.05) is 7.11 Å². The van der Waals surface area contributed by atoms with Crippen LogP contribution in [0.5, 0.6) is 5.75 Å². The SMILES string of the molecule is COc1cccc(-c2n[nH]c(CN)c2Br)c1. The molecule has 84 valence electrons. The number of H-pyrrole nitrogens is 1. The molecule has 2 rings (SSSR count). The Kier molecular flexibility index (Phi) is 3.26. The minimum atomic E-state index is 0.428. The average Bonchev–Trinajstić information content (AvgIpc) is 2.70. The zero-order valence-electron chi connectivity index (χ0n) is 8.83. The number of halogens is 1. The molecule has 0 saturated carbocycles. The second-order valence-corrected chi connectivity index (χ2v) is 4.09. The first kappa shape index (κ1) is 11.2. The number of benzene rings is 1. The van der Waals surface area contributed by atoms with E-state index in [9.17, 15) is 0 Å². The van der Waals surface area contributed by atoms with Crippen molar-refractivity contribution in [3.05, 3.63) is 34.4 Å². The normalized spacial score (nSPS) is 10.4. The average molecular weight is 282 g/mol. The Bertz CT molecular complexity index is 496. The third-order valence-electron chi connectivity index (χ3n) is 2.32. The summed E-state index contributed by atoms with van der Waals surface area (Å²) in [5.41, 5.74) is 8.29. The van der Waals surface area contributed by atoms with Gasteiger partial charge in [-0.05, 0) is 28.1 Å². The first-order valence-electron chi connectivity index (χ1n) is 4.83. The van der Waals surface area contributed by atoms with E-state index in [1.807, 2.05) is 24.3 Å². The van der Waals surface area contributed by atoms with Crippen LogP contribution in [0, 0.1) is 0 Å². The predicted octanol–water partition coefficient (Wildman–Crippen LogP) is 2.31. The molecular formula is C11H12BrN3O. The molecule has 0 unspecified atom stereocenters. The fourth-order valence-electron chi connectivity index (χ4n) is 1.46. The van der Waals surface area contributed by atoms with Gasteiger partial charge in [0, 0.05) is 12.1 Å². The van der Waals surface area contributed by atoms with Gasteiger partial charge in [-0.3, -0.25) is 5.10 Å². The number of ether oxygens (including phenoxy) is 1. The number of rotatable bonds is 3. The van der Waals surface area contributed by atoms with Gasteiger partial charge in [0.2, 0.25) is 0 Å². The summed E-state index contributed by atoms with van der Waals surface area (Å²) in [5.74, 6) is 0.807. The molecule has 0 aliphatic carbocycles. The number of hydrogen-bond donors (Lipinski definition) is 2. The minimum absolute atomic E-state index is 0.428. The van der Waals surface area contributed by atoms with E-state index in [1.54, 1.807) is 7.11 Å². The topological polar surface area (TPSA) is 63.9 Å². The molecule has 4 nitrogen and oxygen atoms in total. The van der Waals surface area contributed by atoms with E-state index in [-0.39, 0.29) is 0 Å². The summed E-state index contributed by atoms with van der Waals surface area (Å²) in [6, 6.07) is 7.73. The van der Waals surface area contributed by atoms with Gasteiger partial charge in [-0.15, -0.1) is 0 Å². The fraction of sp³-hybridized carbons (Fsp3) is 0.182. The van der Waals surface area contributed by atoms with Crippen LogP contribution in [0.15, 0.2) is 28.7 Å². The Hall–Kier alpha value is -1.33. The lowest BCUT2D eigenvalue weighted by Gasteiger charge is -2.02. The summed E-state index contributed by atoms with van der Waals surface area (Å²) in [4.78, 5) is 0. The van der Waals surface area contributed by atoms with Gasteiger partial charge in [-0.1, -0.05) is 12.1 Å². The third-order valence-corrected chi connectivity index (χ3v) is 3.18. The van der Waals surface area contributed by atoms with Crippen LogP contribution in [0.3, 0.4) is 0 Å². The number of nitrogens with zero attached hydrogens (tertiary/aromatic N) is 1. The van der Waals surface area contributed by atoms with E-state index in [2.05, 4.69) is 26.1 Å². The lowest BCUT2D eigenvalue weighted by atomic mass is 10.1. The molecule has 0 aliphatic rings. The van der Waals surface area contributed by atoms with Crippen LogP contribution in [0.4, 0.5) is 0 Å². The third kappa shape index (κ3) is 1.96. The first-order chi connectivity index (χ1) is 7.76. The van der Waals surface area contributed by atoms with Crippen molar-refractivity contribution in [1.29, 1.82) is 0 Å². The summed E-state index contributed by atoms with van der Waals surface area (Å²) in [5, 5.41) is 7.12. The highest BCUT2D eigenvalue weighted by atomic mass is 79.9. The highest BCUT2D eigenvalue weighted by molar-refractivity contribution is 9.10. The number of methoxy groups -OCH3 is 1. The predicted molar refractivity (Wildman–Crippen MR) is 66.2 cm³/mol. The molecular weight excluding hydrogens is 270 g/mol. The number of aromatic nitrogens is 2. The van der Waals surface area contributed by atoms with Gasteiger partial charge in [0.05, 0.1) is 17.3 Å². The van der Waals surface area contributed by atoms with Crippen LogP contribution < -0.4 is 10.5 Å². The summed E-state index contributed by atoms with van der Waals surface area (Å²) < 4.78 is 6.08. The van der Waals surface area contributed by atoms with Gasteiger partial charge < -0.3 is 10.5 Å². The molecule has 2 aromatic rings. The number of nitrogens with one attached hydrogen (secondary N) is 1. The minimum Gasteiger partial charge on any atom is -0.497 e. The Labute approximate surface area is 102 Å². The Morgan fingerprint density at radius 3 is 2.94 bits per heavy atom. The maximum Gasteiger partial charge on any atom is 0.119 e. The quantitative estimate of drug-likeness (QED) is 0.908. The van der Waals surface area contributed by atoms with Crippen molar-refractivity contribution >= 4 is 15.9 Å².